The van der Waals surface area contributed by atoms with Gasteiger partial charge in [-0.3, -0.25) is 0 Å². The summed E-state index contributed by atoms with van der Waals surface area (Å²) in [5.41, 5.74) is 7.77. The van der Waals surface area contributed by atoms with E-state index in [1.165, 1.54) is 6.07 Å². The Labute approximate surface area is 104 Å². The van der Waals surface area contributed by atoms with Crippen molar-refractivity contribution in [3.8, 4) is 0 Å². The summed E-state index contributed by atoms with van der Waals surface area (Å²) in [6.07, 6.45) is 0. The number of rotatable bonds is 2. The average Bonchev–Trinajstić information content (AvgIpc) is 2.61. The molecular formula is C13H13ClFNO. The summed E-state index contributed by atoms with van der Waals surface area (Å²) >= 11 is 5.74. The number of hydrogen-bond donors (Lipinski definition) is 1. The van der Waals surface area contributed by atoms with Gasteiger partial charge < -0.3 is 10.2 Å². The van der Waals surface area contributed by atoms with Gasteiger partial charge in [-0.15, -0.1) is 0 Å². The van der Waals surface area contributed by atoms with Crippen LogP contribution in [0.25, 0.3) is 0 Å². The molecule has 1 aromatic heterocycles. The number of benzene rings is 1. The molecule has 0 aliphatic rings. The first-order chi connectivity index (χ1) is 7.99. The Hall–Kier alpha value is -1.32. The molecule has 0 bridgehead atoms. The van der Waals surface area contributed by atoms with Crippen LogP contribution in [0.4, 0.5) is 4.39 Å². The fourth-order valence-electron chi connectivity index (χ4n) is 1.84. The molecule has 4 heteroatoms. The number of aryl methyl sites for hydroxylation is 2. The monoisotopic (exact) mass is 253 g/mol. The second kappa shape index (κ2) is 4.51. The molecule has 2 rings (SSSR count). The van der Waals surface area contributed by atoms with Gasteiger partial charge in [-0.2, -0.15) is 0 Å². The van der Waals surface area contributed by atoms with Crippen LogP contribution in [-0.4, -0.2) is 0 Å². The molecule has 0 aliphatic carbocycles. The fourth-order valence-corrected chi connectivity index (χ4v) is 2.03. The van der Waals surface area contributed by atoms with Gasteiger partial charge in [0, 0.05) is 5.56 Å². The van der Waals surface area contributed by atoms with Crippen LogP contribution in [0, 0.1) is 19.7 Å². The number of nitrogens with two attached hydrogens (primary N) is 1. The lowest BCUT2D eigenvalue weighted by molar-refractivity contribution is 0.499. The minimum Gasteiger partial charge on any atom is -0.466 e. The third-order valence-electron chi connectivity index (χ3n) is 2.72. The van der Waals surface area contributed by atoms with Gasteiger partial charge in [0.15, 0.2) is 0 Å². The van der Waals surface area contributed by atoms with Crippen molar-refractivity contribution in [3.63, 3.8) is 0 Å². The van der Waals surface area contributed by atoms with Crippen molar-refractivity contribution >= 4 is 11.6 Å². The van der Waals surface area contributed by atoms with Crippen LogP contribution in [-0.2, 0) is 0 Å². The molecule has 0 aliphatic heterocycles. The summed E-state index contributed by atoms with van der Waals surface area (Å²) in [4.78, 5) is 0. The van der Waals surface area contributed by atoms with Gasteiger partial charge in [0.2, 0.25) is 0 Å². The Morgan fingerprint density at radius 3 is 2.53 bits per heavy atom. The highest BCUT2D eigenvalue weighted by Gasteiger charge is 2.16. The van der Waals surface area contributed by atoms with E-state index in [4.69, 9.17) is 21.8 Å². The van der Waals surface area contributed by atoms with Crippen LogP contribution in [0.2, 0.25) is 5.02 Å². The molecule has 0 fully saturated rings. The van der Waals surface area contributed by atoms with Crippen molar-refractivity contribution in [1.82, 2.24) is 0 Å². The van der Waals surface area contributed by atoms with Gasteiger partial charge in [0.25, 0.3) is 0 Å². The van der Waals surface area contributed by atoms with Crippen LogP contribution in [0.5, 0.6) is 0 Å². The highest BCUT2D eigenvalue weighted by molar-refractivity contribution is 6.30. The second-order valence-electron chi connectivity index (χ2n) is 4.02. The van der Waals surface area contributed by atoms with Gasteiger partial charge in [-0.1, -0.05) is 17.7 Å². The molecule has 1 aromatic carbocycles. The zero-order valence-electron chi connectivity index (χ0n) is 9.63. The predicted molar refractivity (Wildman–Crippen MR) is 65.6 cm³/mol. The fraction of sp³-hybridized carbons (Fsp3) is 0.231. The van der Waals surface area contributed by atoms with Crippen molar-refractivity contribution in [2.75, 3.05) is 0 Å². The predicted octanol–water partition coefficient (Wildman–Crippen LogP) is 3.74. The lowest BCUT2D eigenvalue weighted by atomic mass is 10.00. The van der Waals surface area contributed by atoms with Crippen molar-refractivity contribution in [2.45, 2.75) is 19.9 Å². The largest absolute Gasteiger partial charge is 0.466 e. The zero-order valence-corrected chi connectivity index (χ0v) is 10.4. The summed E-state index contributed by atoms with van der Waals surface area (Å²) in [7, 11) is 0. The minimum absolute atomic E-state index is 0.0795. The van der Waals surface area contributed by atoms with E-state index in [2.05, 4.69) is 0 Å². The second-order valence-corrected chi connectivity index (χ2v) is 4.43. The van der Waals surface area contributed by atoms with Crippen LogP contribution >= 0.6 is 11.6 Å². The van der Waals surface area contributed by atoms with Crippen molar-refractivity contribution < 1.29 is 8.81 Å². The maximum atomic E-state index is 13.1. The van der Waals surface area contributed by atoms with Gasteiger partial charge in [0.1, 0.15) is 17.3 Å². The molecule has 1 unspecified atom stereocenters. The molecule has 0 radical (unpaired) electrons. The van der Waals surface area contributed by atoms with Gasteiger partial charge in [-0.25, -0.2) is 4.39 Å². The Balaban J connectivity index is 2.40. The van der Waals surface area contributed by atoms with Crippen molar-refractivity contribution in [2.24, 2.45) is 5.73 Å². The van der Waals surface area contributed by atoms with Gasteiger partial charge in [0.05, 0.1) is 11.1 Å². The van der Waals surface area contributed by atoms with E-state index < -0.39 is 5.82 Å². The van der Waals surface area contributed by atoms with Crippen molar-refractivity contribution in [1.29, 1.82) is 0 Å². The van der Waals surface area contributed by atoms with Crippen LogP contribution in [0.15, 0.2) is 28.7 Å². The van der Waals surface area contributed by atoms with Crippen LogP contribution < -0.4 is 5.73 Å². The number of hydrogen-bond acceptors (Lipinski definition) is 2. The minimum atomic E-state index is -0.442. The lowest BCUT2D eigenvalue weighted by Gasteiger charge is -2.11. The maximum Gasteiger partial charge on any atom is 0.141 e. The average molecular weight is 254 g/mol. The molecule has 2 aromatic rings. The Bertz CT molecular complexity index is 550. The Morgan fingerprint density at radius 2 is 2.00 bits per heavy atom. The SMILES string of the molecule is Cc1cc(C(N)c2ccc(F)c(Cl)c2)c(C)o1. The Kier molecular flexibility index (Phi) is 3.22. The summed E-state index contributed by atoms with van der Waals surface area (Å²) in [6.45, 7) is 3.72. The Morgan fingerprint density at radius 1 is 1.29 bits per heavy atom. The first kappa shape index (κ1) is 12.1. The zero-order chi connectivity index (χ0) is 12.6. The van der Waals surface area contributed by atoms with E-state index in [-0.39, 0.29) is 11.1 Å². The highest BCUT2D eigenvalue weighted by Crippen LogP contribution is 2.27. The molecule has 0 saturated carbocycles. The van der Waals surface area contributed by atoms with Crippen LogP contribution in [0.3, 0.4) is 0 Å². The van der Waals surface area contributed by atoms with E-state index in [0.29, 0.717) is 0 Å². The normalized spacial score (nSPS) is 12.8. The first-order valence-electron chi connectivity index (χ1n) is 5.26. The lowest BCUT2D eigenvalue weighted by Crippen LogP contribution is -2.12. The standard InChI is InChI=1S/C13H13ClFNO/c1-7-5-10(8(2)17-7)13(16)9-3-4-12(15)11(14)6-9/h3-6,13H,16H2,1-2H3. The molecule has 1 atom stereocenters. The quantitative estimate of drug-likeness (QED) is 0.886. The van der Waals surface area contributed by atoms with E-state index in [1.54, 1.807) is 12.1 Å². The summed E-state index contributed by atoms with van der Waals surface area (Å²) in [6, 6.07) is 6.03. The van der Waals surface area contributed by atoms with E-state index in [0.717, 1.165) is 22.6 Å². The number of halogens is 2. The third-order valence-corrected chi connectivity index (χ3v) is 3.01. The van der Waals surface area contributed by atoms with E-state index >= 15 is 0 Å². The molecule has 0 spiro atoms. The topological polar surface area (TPSA) is 39.2 Å². The maximum absolute atomic E-state index is 13.1. The molecule has 2 nitrogen and oxygen atoms in total. The molecule has 17 heavy (non-hydrogen) atoms. The molecule has 1 heterocycles. The van der Waals surface area contributed by atoms with Crippen LogP contribution in [0.1, 0.15) is 28.7 Å². The molecule has 0 saturated heterocycles. The number of furan rings is 1. The van der Waals surface area contributed by atoms with E-state index in [9.17, 15) is 4.39 Å². The summed E-state index contributed by atoms with van der Waals surface area (Å²) in [5, 5.41) is 0.0795. The third kappa shape index (κ3) is 2.35. The first-order valence-corrected chi connectivity index (χ1v) is 5.64. The van der Waals surface area contributed by atoms with E-state index in [1.807, 2.05) is 19.9 Å². The summed E-state index contributed by atoms with van der Waals surface area (Å²) < 4.78 is 18.5. The molecule has 2 N–H and O–H groups in total. The smallest absolute Gasteiger partial charge is 0.141 e. The van der Waals surface area contributed by atoms with Gasteiger partial charge in [-0.05, 0) is 37.6 Å². The molecule has 0 amide bonds. The van der Waals surface area contributed by atoms with Gasteiger partial charge >= 0.3 is 0 Å². The molecular weight excluding hydrogens is 241 g/mol. The molecule has 90 valence electrons. The summed E-state index contributed by atoms with van der Waals surface area (Å²) in [5.74, 6) is 1.14. The highest BCUT2D eigenvalue weighted by atomic mass is 35.5. The van der Waals surface area contributed by atoms with Crippen molar-refractivity contribution in [3.05, 3.63) is 57.8 Å².